The number of rotatable bonds is 6. The van der Waals surface area contributed by atoms with Crippen molar-refractivity contribution in [2.75, 3.05) is 19.8 Å². The first-order valence-corrected chi connectivity index (χ1v) is 8.26. The highest BCUT2D eigenvalue weighted by Crippen LogP contribution is 2.24. The molecule has 0 spiro atoms. The minimum atomic E-state index is -0.706. The maximum absolute atomic E-state index is 13.2. The van der Waals surface area contributed by atoms with Gasteiger partial charge >= 0.3 is 0 Å². The van der Waals surface area contributed by atoms with E-state index in [0.717, 1.165) is 23.8 Å². The van der Waals surface area contributed by atoms with Gasteiger partial charge in [0.15, 0.2) is 0 Å². The molecule has 2 N–H and O–H groups in total. The first-order valence-electron chi connectivity index (χ1n) is 8.26. The van der Waals surface area contributed by atoms with E-state index in [4.69, 9.17) is 9.47 Å². The molecule has 1 aliphatic rings. The van der Waals surface area contributed by atoms with E-state index in [-0.39, 0.29) is 5.75 Å². The van der Waals surface area contributed by atoms with Gasteiger partial charge in [-0.2, -0.15) is 0 Å². The van der Waals surface area contributed by atoms with Crippen molar-refractivity contribution in [3.05, 3.63) is 59.7 Å². The van der Waals surface area contributed by atoms with Gasteiger partial charge in [-0.1, -0.05) is 12.1 Å². The number of ether oxygens (including phenoxy) is 2. The van der Waals surface area contributed by atoms with Gasteiger partial charge in [-0.05, 0) is 17.7 Å². The molecule has 1 fully saturated rings. The lowest BCUT2D eigenvalue weighted by Gasteiger charge is -2.32. The predicted molar refractivity (Wildman–Crippen MR) is 89.6 cm³/mol. The molecule has 0 unspecified atom stereocenters. The Kier molecular flexibility index (Phi) is 5.63. The summed E-state index contributed by atoms with van der Waals surface area (Å²) in [7, 11) is 0. The molecule has 25 heavy (non-hydrogen) atoms. The van der Waals surface area contributed by atoms with Crippen molar-refractivity contribution in [3.8, 4) is 11.5 Å². The van der Waals surface area contributed by atoms with E-state index in [1.165, 1.54) is 0 Å². The van der Waals surface area contributed by atoms with Gasteiger partial charge < -0.3 is 19.9 Å². The van der Waals surface area contributed by atoms with Crippen molar-refractivity contribution in [2.24, 2.45) is 0 Å². The molecule has 134 valence electrons. The lowest BCUT2D eigenvalue weighted by Crippen LogP contribution is -2.44. The molecule has 6 heteroatoms. The summed E-state index contributed by atoms with van der Waals surface area (Å²) < 4.78 is 37.0. The Morgan fingerprint density at radius 2 is 1.64 bits per heavy atom. The SMILES string of the molecule is OC1(CNCc2ccc(Oc3cc(F)cc(F)c3)cc2)CCOCC1. The molecular formula is C19H21F2NO3. The minimum absolute atomic E-state index is 0.116. The lowest BCUT2D eigenvalue weighted by atomic mass is 9.94. The van der Waals surface area contributed by atoms with Crippen LogP contribution in [0.2, 0.25) is 0 Å². The maximum Gasteiger partial charge on any atom is 0.133 e. The number of hydrogen-bond acceptors (Lipinski definition) is 4. The molecule has 0 radical (unpaired) electrons. The Bertz CT molecular complexity index is 680. The van der Waals surface area contributed by atoms with Gasteiger partial charge in [0.05, 0.1) is 5.60 Å². The highest BCUT2D eigenvalue weighted by atomic mass is 19.1. The molecule has 2 aromatic carbocycles. The largest absolute Gasteiger partial charge is 0.457 e. The zero-order valence-corrected chi connectivity index (χ0v) is 13.8. The van der Waals surface area contributed by atoms with Crippen LogP contribution in [0, 0.1) is 11.6 Å². The van der Waals surface area contributed by atoms with Crippen LogP contribution in [0.4, 0.5) is 8.78 Å². The smallest absolute Gasteiger partial charge is 0.133 e. The third-order valence-corrected chi connectivity index (χ3v) is 4.20. The van der Waals surface area contributed by atoms with Gasteiger partial charge in [-0.15, -0.1) is 0 Å². The van der Waals surface area contributed by atoms with Gasteiger partial charge in [0, 0.05) is 57.3 Å². The van der Waals surface area contributed by atoms with Crippen molar-refractivity contribution < 1.29 is 23.4 Å². The number of halogens is 2. The molecule has 3 rings (SSSR count). The summed E-state index contributed by atoms with van der Waals surface area (Å²) in [5, 5.41) is 13.6. The van der Waals surface area contributed by atoms with E-state index in [1.54, 1.807) is 12.1 Å². The molecular weight excluding hydrogens is 328 g/mol. The van der Waals surface area contributed by atoms with Gasteiger partial charge in [-0.3, -0.25) is 0 Å². The Morgan fingerprint density at radius 3 is 2.28 bits per heavy atom. The quantitative estimate of drug-likeness (QED) is 0.839. The highest BCUT2D eigenvalue weighted by molar-refractivity contribution is 5.33. The molecule has 1 heterocycles. The first-order chi connectivity index (χ1) is 12.0. The van der Waals surface area contributed by atoms with E-state index < -0.39 is 17.2 Å². The number of nitrogens with one attached hydrogen (secondary N) is 1. The van der Waals surface area contributed by atoms with Crippen molar-refractivity contribution in [3.63, 3.8) is 0 Å². The Balaban J connectivity index is 1.51. The molecule has 0 bridgehead atoms. The molecule has 1 saturated heterocycles. The van der Waals surface area contributed by atoms with Gasteiger partial charge in [0.25, 0.3) is 0 Å². The zero-order valence-electron chi connectivity index (χ0n) is 13.8. The molecule has 1 aliphatic heterocycles. The fourth-order valence-corrected chi connectivity index (χ4v) is 2.77. The second-order valence-corrected chi connectivity index (χ2v) is 6.29. The van der Waals surface area contributed by atoms with E-state index in [9.17, 15) is 13.9 Å². The molecule has 0 aromatic heterocycles. The first kappa shape index (κ1) is 17.8. The van der Waals surface area contributed by atoms with Crippen LogP contribution in [-0.4, -0.2) is 30.5 Å². The predicted octanol–water partition coefficient (Wildman–Crippen LogP) is 3.39. The number of aliphatic hydroxyl groups is 1. The summed E-state index contributed by atoms with van der Waals surface area (Å²) in [6.07, 6.45) is 1.27. The van der Waals surface area contributed by atoms with Crippen LogP contribution >= 0.6 is 0 Å². The van der Waals surface area contributed by atoms with Crippen LogP contribution in [0.3, 0.4) is 0 Å². The van der Waals surface area contributed by atoms with Crippen LogP contribution in [-0.2, 0) is 11.3 Å². The number of benzene rings is 2. The van der Waals surface area contributed by atoms with Crippen LogP contribution in [0.1, 0.15) is 18.4 Å². The van der Waals surface area contributed by atoms with E-state index in [1.807, 2.05) is 12.1 Å². The van der Waals surface area contributed by atoms with E-state index >= 15 is 0 Å². The molecule has 0 aliphatic carbocycles. The normalized spacial score (nSPS) is 16.6. The average Bonchev–Trinajstić information content (AvgIpc) is 2.56. The zero-order chi connectivity index (χ0) is 17.7. The lowest BCUT2D eigenvalue weighted by molar-refractivity contribution is -0.0617. The van der Waals surface area contributed by atoms with Gasteiger partial charge in [0.1, 0.15) is 23.1 Å². The maximum atomic E-state index is 13.2. The molecule has 0 amide bonds. The highest BCUT2D eigenvalue weighted by Gasteiger charge is 2.28. The second kappa shape index (κ2) is 7.91. The Morgan fingerprint density at radius 1 is 1.00 bits per heavy atom. The van der Waals surface area contributed by atoms with Crippen LogP contribution < -0.4 is 10.1 Å². The summed E-state index contributed by atoms with van der Waals surface area (Å²) in [5.74, 6) is -0.745. The van der Waals surface area contributed by atoms with Crippen molar-refractivity contribution in [1.29, 1.82) is 0 Å². The summed E-state index contributed by atoms with van der Waals surface area (Å²) >= 11 is 0. The van der Waals surface area contributed by atoms with Crippen molar-refractivity contribution >= 4 is 0 Å². The third kappa shape index (κ3) is 5.22. The second-order valence-electron chi connectivity index (χ2n) is 6.29. The third-order valence-electron chi connectivity index (χ3n) is 4.20. The summed E-state index contributed by atoms with van der Waals surface area (Å²) in [4.78, 5) is 0. The number of hydrogen-bond donors (Lipinski definition) is 2. The summed E-state index contributed by atoms with van der Waals surface area (Å²) in [5.41, 5.74) is 0.316. The molecule has 0 atom stereocenters. The monoisotopic (exact) mass is 349 g/mol. The summed E-state index contributed by atoms with van der Waals surface area (Å²) in [6, 6.07) is 10.3. The Labute approximate surface area is 145 Å². The minimum Gasteiger partial charge on any atom is -0.457 e. The van der Waals surface area contributed by atoms with Crippen molar-refractivity contribution in [1.82, 2.24) is 5.32 Å². The Hall–Kier alpha value is -2.02. The van der Waals surface area contributed by atoms with E-state index in [0.29, 0.717) is 44.9 Å². The fourth-order valence-electron chi connectivity index (χ4n) is 2.77. The van der Waals surface area contributed by atoms with Crippen LogP contribution in [0.25, 0.3) is 0 Å². The standard InChI is InChI=1S/C19H21F2NO3/c20-15-9-16(21)11-18(10-15)25-17-3-1-14(2-4-17)12-22-13-19(23)5-7-24-8-6-19/h1-4,9-11,22-23H,5-8,12-13H2. The van der Waals surface area contributed by atoms with Gasteiger partial charge in [0.2, 0.25) is 0 Å². The van der Waals surface area contributed by atoms with Gasteiger partial charge in [-0.25, -0.2) is 8.78 Å². The molecule has 0 saturated carbocycles. The molecule has 2 aromatic rings. The van der Waals surface area contributed by atoms with Crippen molar-refractivity contribution in [2.45, 2.75) is 25.0 Å². The van der Waals surface area contributed by atoms with E-state index in [2.05, 4.69) is 5.32 Å². The average molecular weight is 349 g/mol. The molecule has 4 nitrogen and oxygen atoms in total. The summed E-state index contributed by atoms with van der Waals surface area (Å²) in [6.45, 7) is 2.30. The fraction of sp³-hybridized carbons (Fsp3) is 0.368. The van der Waals surface area contributed by atoms with Crippen LogP contribution in [0.15, 0.2) is 42.5 Å². The topological polar surface area (TPSA) is 50.7 Å². The van der Waals surface area contributed by atoms with Crippen LogP contribution in [0.5, 0.6) is 11.5 Å².